The average molecular weight is 599 g/mol. The number of hydrogen-bond donors (Lipinski definition) is 0. The van der Waals surface area contributed by atoms with Crippen molar-refractivity contribution in [1.29, 1.82) is 0 Å². The van der Waals surface area contributed by atoms with Crippen LogP contribution in [0.25, 0.3) is 20.2 Å². The second-order valence-electron chi connectivity index (χ2n) is 8.16. The summed E-state index contributed by atoms with van der Waals surface area (Å²) in [5, 5.41) is 0. The van der Waals surface area contributed by atoms with Gasteiger partial charge in [0.25, 0.3) is 0 Å². The maximum absolute atomic E-state index is 11.6. The first kappa shape index (κ1) is 25.8. The first-order chi connectivity index (χ1) is 15.6. The second-order valence-corrected chi connectivity index (χ2v) is 13.3. The molecule has 2 nitrogen and oxygen atoms in total. The Kier molecular flexibility index (Phi) is 10.6. The van der Waals surface area contributed by atoms with Crippen LogP contribution in [0, 0.1) is 2.88 Å². The summed E-state index contributed by atoms with van der Waals surface area (Å²) in [7, 11) is 0. The van der Waals surface area contributed by atoms with Crippen LogP contribution in [0.5, 0.6) is 0 Å². The smallest absolute Gasteiger partial charge is 0.160 e. The Morgan fingerprint density at radius 1 is 0.688 bits per heavy atom. The summed E-state index contributed by atoms with van der Waals surface area (Å²) in [6, 6.07) is 6.44. The van der Waals surface area contributed by atoms with E-state index in [0.29, 0.717) is 0 Å². The Labute approximate surface area is 217 Å². The third-order valence-corrected chi connectivity index (χ3v) is 9.94. The van der Waals surface area contributed by atoms with Crippen LogP contribution in [0.1, 0.15) is 95.7 Å². The molecule has 0 unspecified atom stereocenters. The van der Waals surface area contributed by atoms with E-state index in [1.165, 1.54) is 72.7 Å². The van der Waals surface area contributed by atoms with Crippen molar-refractivity contribution in [2.75, 3.05) is 0 Å². The predicted molar refractivity (Wildman–Crippen MR) is 150 cm³/mol. The summed E-state index contributed by atoms with van der Waals surface area (Å²) in [6.07, 6.45) is 13.7. The van der Waals surface area contributed by atoms with Crippen molar-refractivity contribution in [2.45, 2.75) is 78.1 Å². The molecule has 6 heteroatoms. The highest BCUT2D eigenvalue weighted by molar-refractivity contribution is 14.1. The van der Waals surface area contributed by atoms with E-state index in [1.54, 1.807) is 34.0 Å². The van der Waals surface area contributed by atoms with Crippen molar-refractivity contribution in [1.82, 2.24) is 0 Å². The Balaban J connectivity index is 1.98. The van der Waals surface area contributed by atoms with Gasteiger partial charge in [-0.15, -0.1) is 34.0 Å². The summed E-state index contributed by atoms with van der Waals surface area (Å²) in [6.45, 7) is 4.46. The van der Waals surface area contributed by atoms with Gasteiger partial charge in [0.15, 0.2) is 12.6 Å². The first-order valence-electron chi connectivity index (χ1n) is 11.6. The minimum absolute atomic E-state index is 0.803. The fourth-order valence-corrected chi connectivity index (χ4v) is 8.17. The molecule has 0 fully saturated rings. The summed E-state index contributed by atoms with van der Waals surface area (Å²) in [4.78, 5) is 28.5. The summed E-state index contributed by atoms with van der Waals surface area (Å²) in [5.74, 6) is 0. The number of carbonyl (C=O) groups excluding carboxylic acids is 2. The summed E-state index contributed by atoms with van der Waals surface area (Å²) >= 11 is 7.43. The monoisotopic (exact) mass is 598 g/mol. The van der Waals surface area contributed by atoms with E-state index in [4.69, 9.17) is 0 Å². The molecule has 172 valence electrons. The van der Waals surface area contributed by atoms with Gasteiger partial charge in [0.05, 0.1) is 17.5 Å². The molecule has 0 spiro atoms. The highest BCUT2D eigenvalue weighted by Crippen LogP contribution is 2.47. The van der Waals surface area contributed by atoms with Gasteiger partial charge >= 0.3 is 0 Å². The van der Waals surface area contributed by atoms with Crippen molar-refractivity contribution >= 4 is 69.2 Å². The fraction of sp³-hybridized carbons (Fsp3) is 0.462. The molecule has 0 saturated heterocycles. The standard InChI is InChI=1S/C26H31IO2S3/c1-3-5-7-9-11-18-13-20(16-28)30-24(18)22-15-23(27)32-26(22)25-19(12-10-8-6-4-2)14-21(17-29)31-25/h13-17H,3-12H2,1-2H3. The first-order valence-corrected chi connectivity index (χ1v) is 15.1. The van der Waals surface area contributed by atoms with Crippen LogP contribution in [0.15, 0.2) is 18.2 Å². The van der Waals surface area contributed by atoms with Gasteiger partial charge in [0.2, 0.25) is 0 Å². The zero-order valence-electron chi connectivity index (χ0n) is 18.9. The highest BCUT2D eigenvalue weighted by Gasteiger charge is 2.21. The van der Waals surface area contributed by atoms with Crippen LogP contribution in [0.2, 0.25) is 0 Å². The SMILES string of the molecule is CCCCCCc1cc(C=O)sc1-c1cc(I)sc1-c1sc(C=O)cc1CCCCCC. The number of carbonyl (C=O) groups is 2. The molecule has 0 radical (unpaired) electrons. The van der Waals surface area contributed by atoms with Gasteiger partial charge < -0.3 is 0 Å². The number of rotatable bonds is 14. The third-order valence-electron chi connectivity index (χ3n) is 5.64. The molecular weight excluding hydrogens is 567 g/mol. The zero-order valence-corrected chi connectivity index (χ0v) is 23.5. The van der Waals surface area contributed by atoms with E-state index < -0.39 is 0 Å². The molecule has 0 bridgehead atoms. The molecule has 0 aliphatic carbocycles. The molecule has 3 aromatic heterocycles. The molecule has 3 aromatic rings. The van der Waals surface area contributed by atoms with Crippen molar-refractivity contribution < 1.29 is 9.59 Å². The lowest BCUT2D eigenvalue weighted by atomic mass is 10.0. The van der Waals surface area contributed by atoms with Crippen LogP contribution >= 0.6 is 56.6 Å². The van der Waals surface area contributed by atoms with Crippen molar-refractivity contribution in [2.24, 2.45) is 0 Å². The molecule has 0 amide bonds. The van der Waals surface area contributed by atoms with E-state index in [1.807, 2.05) is 0 Å². The van der Waals surface area contributed by atoms with Gasteiger partial charge in [-0.05, 0) is 77.6 Å². The normalized spacial score (nSPS) is 11.2. The molecule has 0 atom stereocenters. The Morgan fingerprint density at radius 2 is 1.22 bits per heavy atom. The summed E-state index contributed by atoms with van der Waals surface area (Å²) < 4.78 is 1.24. The maximum Gasteiger partial charge on any atom is 0.160 e. The predicted octanol–water partition coefficient (Wildman–Crippen LogP) is 9.68. The number of aldehydes is 2. The Hall–Kier alpha value is -0.830. The lowest BCUT2D eigenvalue weighted by Crippen LogP contribution is -1.88. The fourth-order valence-electron chi connectivity index (χ4n) is 3.99. The molecule has 32 heavy (non-hydrogen) atoms. The van der Waals surface area contributed by atoms with Gasteiger partial charge in [-0.3, -0.25) is 9.59 Å². The quantitative estimate of drug-likeness (QED) is 0.105. The summed E-state index contributed by atoms with van der Waals surface area (Å²) in [5.41, 5.74) is 3.82. The molecule has 3 rings (SSSR count). The van der Waals surface area contributed by atoms with E-state index in [-0.39, 0.29) is 0 Å². The molecular formula is C26H31IO2S3. The largest absolute Gasteiger partial charge is 0.297 e. The minimum atomic E-state index is 0.803. The average Bonchev–Trinajstić information content (AvgIpc) is 3.50. The molecule has 0 N–H and O–H groups in total. The zero-order chi connectivity index (χ0) is 22.9. The Morgan fingerprint density at radius 3 is 1.75 bits per heavy atom. The van der Waals surface area contributed by atoms with Gasteiger partial charge in [-0.1, -0.05) is 52.4 Å². The number of halogens is 1. The van der Waals surface area contributed by atoms with Crippen LogP contribution in [0.3, 0.4) is 0 Å². The van der Waals surface area contributed by atoms with E-state index in [2.05, 4.69) is 54.6 Å². The Bertz CT molecular complexity index is 948. The topological polar surface area (TPSA) is 34.1 Å². The van der Waals surface area contributed by atoms with Crippen molar-refractivity contribution in [3.8, 4) is 20.2 Å². The van der Waals surface area contributed by atoms with Gasteiger partial charge in [0, 0.05) is 15.3 Å². The van der Waals surface area contributed by atoms with Gasteiger partial charge in [0.1, 0.15) is 0 Å². The lowest BCUT2D eigenvalue weighted by molar-refractivity contribution is 0.111. The van der Waals surface area contributed by atoms with E-state index >= 15 is 0 Å². The van der Waals surface area contributed by atoms with Crippen LogP contribution in [-0.4, -0.2) is 12.6 Å². The van der Waals surface area contributed by atoms with Crippen LogP contribution in [-0.2, 0) is 12.8 Å². The van der Waals surface area contributed by atoms with E-state index in [0.717, 1.165) is 48.0 Å². The molecule has 0 aliphatic heterocycles. The number of unbranched alkanes of at least 4 members (excludes halogenated alkanes) is 6. The van der Waals surface area contributed by atoms with E-state index in [9.17, 15) is 9.59 Å². The van der Waals surface area contributed by atoms with Crippen molar-refractivity contribution in [3.63, 3.8) is 0 Å². The lowest BCUT2D eigenvalue weighted by Gasteiger charge is -2.07. The molecule has 0 aliphatic rings. The maximum atomic E-state index is 11.6. The third kappa shape index (κ3) is 6.61. The van der Waals surface area contributed by atoms with Crippen molar-refractivity contribution in [3.05, 3.63) is 42.0 Å². The number of thiophene rings is 3. The number of hydrogen-bond acceptors (Lipinski definition) is 5. The van der Waals surface area contributed by atoms with Crippen LogP contribution < -0.4 is 0 Å². The molecule has 0 saturated carbocycles. The molecule has 3 heterocycles. The highest BCUT2D eigenvalue weighted by atomic mass is 127. The minimum Gasteiger partial charge on any atom is -0.297 e. The number of aryl methyl sites for hydroxylation is 2. The van der Waals surface area contributed by atoms with Crippen LogP contribution in [0.4, 0.5) is 0 Å². The second kappa shape index (κ2) is 13.2. The van der Waals surface area contributed by atoms with Gasteiger partial charge in [-0.25, -0.2) is 0 Å². The van der Waals surface area contributed by atoms with Gasteiger partial charge in [-0.2, -0.15) is 0 Å². The molecule has 0 aromatic carbocycles.